The normalized spacial score (nSPS) is 12.1. The van der Waals surface area contributed by atoms with Gasteiger partial charge < -0.3 is 5.32 Å². The van der Waals surface area contributed by atoms with Crippen LogP contribution in [0.5, 0.6) is 0 Å². The van der Waals surface area contributed by atoms with Crippen LogP contribution < -0.4 is 5.32 Å². The third-order valence-electron chi connectivity index (χ3n) is 2.02. The van der Waals surface area contributed by atoms with Crippen molar-refractivity contribution >= 4 is 17.2 Å². The Balaban J connectivity index is 2.03. The number of thiazole rings is 1. The Morgan fingerprint density at radius 2 is 2.25 bits per heavy atom. The summed E-state index contributed by atoms with van der Waals surface area (Å²) < 4.78 is 0. The molecule has 0 aliphatic rings. The van der Waals surface area contributed by atoms with Crippen molar-refractivity contribution in [1.29, 1.82) is 0 Å². The molecule has 1 N–H and O–H groups in total. The van der Waals surface area contributed by atoms with E-state index in [1.54, 1.807) is 11.7 Å². The van der Waals surface area contributed by atoms with Gasteiger partial charge in [0.15, 0.2) is 0 Å². The zero-order valence-corrected chi connectivity index (χ0v) is 9.44. The van der Waals surface area contributed by atoms with E-state index in [1.807, 2.05) is 6.92 Å². The van der Waals surface area contributed by atoms with Gasteiger partial charge in [0, 0.05) is 23.5 Å². The predicted molar refractivity (Wildman–Crippen MR) is 60.0 cm³/mol. The van der Waals surface area contributed by atoms with Crippen molar-refractivity contribution in [3.05, 3.63) is 40.9 Å². The number of carbonyl (C=O) groups is 1. The molecule has 2 rings (SSSR count). The van der Waals surface area contributed by atoms with Gasteiger partial charge in [-0.3, -0.25) is 14.8 Å². The third-order valence-corrected chi connectivity index (χ3v) is 2.98. The van der Waals surface area contributed by atoms with Crippen molar-refractivity contribution in [3.8, 4) is 0 Å². The van der Waals surface area contributed by atoms with Gasteiger partial charge in [-0.1, -0.05) is 0 Å². The third kappa shape index (κ3) is 2.40. The Morgan fingerprint density at radius 1 is 1.38 bits per heavy atom. The summed E-state index contributed by atoms with van der Waals surface area (Å²) in [6.07, 6.45) is 6.21. The van der Waals surface area contributed by atoms with Crippen molar-refractivity contribution in [2.24, 2.45) is 0 Å². The zero-order valence-electron chi connectivity index (χ0n) is 8.62. The SMILES string of the molecule is C[C@@H](NC(=O)c1cnccn1)c1cncs1. The highest BCUT2D eigenvalue weighted by molar-refractivity contribution is 7.09. The van der Waals surface area contributed by atoms with E-state index in [0.717, 1.165) is 4.88 Å². The molecule has 1 amide bonds. The monoisotopic (exact) mass is 234 g/mol. The molecule has 0 aliphatic carbocycles. The Hall–Kier alpha value is -1.82. The van der Waals surface area contributed by atoms with Gasteiger partial charge in [0.25, 0.3) is 5.91 Å². The van der Waals surface area contributed by atoms with Crippen LogP contribution in [-0.4, -0.2) is 20.9 Å². The fraction of sp³-hybridized carbons (Fsp3) is 0.200. The van der Waals surface area contributed by atoms with Crippen molar-refractivity contribution in [1.82, 2.24) is 20.3 Å². The molecule has 0 aliphatic heterocycles. The van der Waals surface area contributed by atoms with E-state index in [1.165, 1.54) is 29.9 Å². The molecule has 0 fully saturated rings. The Labute approximate surface area is 96.6 Å². The van der Waals surface area contributed by atoms with Gasteiger partial charge in [0.2, 0.25) is 0 Å². The van der Waals surface area contributed by atoms with Crippen LogP contribution in [0.4, 0.5) is 0 Å². The minimum absolute atomic E-state index is 0.0676. The lowest BCUT2D eigenvalue weighted by atomic mass is 10.3. The highest BCUT2D eigenvalue weighted by Crippen LogP contribution is 2.16. The van der Waals surface area contributed by atoms with E-state index in [0.29, 0.717) is 5.69 Å². The molecule has 2 heterocycles. The number of nitrogens with zero attached hydrogens (tertiary/aromatic N) is 3. The lowest BCUT2D eigenvalue weighted by Crippen LogP contribution is -2.26. The number of hydrogen-bond acceptors (Lipinski definition) is 5. The first-order valence-corrected chi connectivity index (χ1v) is 5.60. The number of carbonyl (C=O) groups excluding carboxylic acids is 1. The minimum atomic E-state index is -0.228. The Kier molecular flexibility index (Phi) is 3.21. The number of aromatic nitrogens is 3. The number of amides is 1. The molecule has 0 saturated carbocycles. The molecule has 0 unspecified atom stereocenters. The summed E-state index contributed by atoms with van der Waals surface area (Å²) in [4.78, 5) is 24.5. The molecular formula is C10H10N4OS. The van der Waals surface area contributed by atoms with Gasteiger partial charge >= 0.3 is 0 Å². The molecule has 0 spiro atoms. The van der Waals surface area contributed by atoms with E-state index in [-0.39, 0.29) is 11.9 Å². The average Bonchev–Trinajstić information content (AvgIpc) is 2.83. The smallest absolute Gasteiger partial charge is 0.271 e. The molecular weight excluding hydrogens is 224 g/mol. The molecule has 2 aromatic rings. The molecule has 16 heavy (non-hydrogen) atoms. The summed E-state index contributed by atoms with van der Waals surface area (Å²) >= 11 is 1.51. The van der Waals surface area contributed by atoms with E-state index >= 15 is 0 Å². The second-order valence-electron chi connectivity index (χ2n) is 3.19. The maximum atomic E-state index is 11.7. The molecule has 82 valence electrons. The van der Waals surface area contributed by atoms with Gasteiger partial charge in [-0.2, -0.15) is 0 Å². The summed E-state index contributed by atoms with van der Waals surface area (Å²) in [7, 11) is 0. The Bertz CT molecular complexity index is 457. The molecule has 2 aromatic heterocycles. The maximum absolute atomic E-state index is 11.7. The van der Waals surface area contributed by atoms with Crippen molar-refractivity contribution in [2.45, 2.75) is 13.0 Å². The van der Waals surface area contributed by atoms with Crippen LogP contribution in [0.25, 0.3) is 0 Å². The van der Waals surface area contributed by atoms with Crippen molar-refractivity contribution < 1.29 is 4.79 Å². The van der Waals surface area contributed by atoms with Crippen molar-refractivity contribution in [2.75, 3.05) is 0 Å². The van der Waals surface area contributed by atoms with Gasteiger partial charge in [0.1, 0.15) is 5.69 Å². The fourth-order valence-corrected chi connectivity index (χ4v) is 1.83. The second kappa shape index (κ2) is 4.80. The van der Waals surface area contributed by atoms with Crippen LogP contribution in [0.2, 0.25) is 0 Å². The molecule has 0 saturated heterocycles. The first-order valence-electron chi connectivity index (χ1n) is 4.72. The van der Waals surface area contributed by atoms with Gasteiger partial charge in [-0.25, -0.2) is 4.98 Å². The van der Waals surface area contributed by atoms with Crippen LogP contribution in [0, 0.1) is 0 Å². The van der Waals surface area contributed by atoms with E-state index in [2.05, 4.69) is 20.3 Å². The van der Waals surface area contributed by atoms with Gasteiger partial charge in [0.05, 0.1) is 17.7 Å². The summed E-state index contributed by atoms with van der Waals surface area (Å²) in [6, 6.07) is -0.0676. The van der Waals surface area contributed by atoms with E-state index < -0.39 is 0 Å². The van der Waals surface area contributed by atoms with E-state index in [9.17, 15) is 4.79 Å². The topological polar surface area (TPSA) is 67.8 Å². The highest BCUT2D eigenvalue weighted by atomic mass is 32.1. The van der Waals surface area contributed by atoms with Gasteiger partial charge in [-0.05, 0) is 6.92 Å². The quantitative estimate of drug-likeness (QED) is 0.872. The zero-order chi connectivity index (χ0) is 11.4. The van der Waals surface area contributed by atoms with Crippen LogP contribution in [0.1, 0.15) is 28.3 Å². The minimum Gasteiger partial charge on any atom is -0.343 e. The largest absolute Gasteiger partial charge is 0.343 e. The molecule has 6 heteroatoms. The van der Waals surface area contributed by atoms with Crippen LogP contribution in [0.3, 0.4) is 0 Å². The fourth-order valence-electron chi connectivity index (χ4n) is 1.20. The Morgan fingerprint density at radius 3 is 2.88 bits per heavy atom. The van der Waals surface area contributed by atoms with Crippen molar-refractivity contribution in [3.63, 3.8) is 0 Å². The summed E-state index contributed by atoms with van der Waals surface area (Å²) in [5.74, 6) is -0.228. The van der Waals surface area contributed by atoms with Gasteiger partial charge in [-0.15, -0.1) is 11.3 Å². The second-order valence-corrected chi connectivity index (χ2v) is 4.11. The highest BCUT2D eigenvalue weighted by Gasteiger charge is 2.13. The molecule has 1 atom stereocenters. The first-order chi connectivity index (χ1) is 7.77. The first kappa shape index (κ1) is 10.7. The number of rotatable bonds is 3. The number of nitrogens with one attached hydrogen (secondary N) is 1. The molecule has 0 radical (unpaired) electrons. The number of hydrogen-bond donors (Lipinski definition) is 1. The maximum Gasteiger partial charge on any atom is 0.271 e. The standard InChI is InChI=1S/C10H10N4OS/c1-7(9-5-12-6-16-9)14-10(15)8-4-11-2-3-13-8/h2-7H,1H3,(H,14,15)/t7-/m1/s1. The van der Waals surface area contributed by atoms with Crippen LogP contribution in [0.15, 0.2) is 30.3 Å². The van der Waals surface area contributed by atoms with Crippen LogP contribution in [-0.2, 0) is 0 Å². The predicted octanol–water partition coefficient (Wildman–Crippen LogP) is 1.42. The lowest BCUT2D eigenvalue weighted by molar-refractivity contribution is 0.0935. The molecule has 0 bridgehead atoms. The van der Waals surface area contributed by atoms with Crippen LogP contribution >= 0.6 is 11.3 Å². The average molecular weight is 234 g/mol. The molecule has 0 aromatic carbocycles. The summed E-state index contributed by atoms with van der Waals surface area (Å²) in [5, 5.41) is 2.83. The molecule has 5 nitrogen and oxygen atoms in total. The lowest BCUT2D eigenvalue weighted by Gasteiger charge is -2.10. The summed E-state index contributed by atoms with van der Waals surface area (Å²) in [6.45, 7) is 1.90. The van der Waals surface area contributed by atoms with E-state index in [4.69, 9.17) is 0 Å². The summed E-state index contributed by atoms with van der Waals surface area (Å²) in [5.41, 5.74) is 2.05.